The molecule has 8 heteroatoms. The van der Waals surface area contributed by atoms with E-state index in [4.69, 9.17) is 9.47 Å². The fourth-order valence-electron chi connectivity index (χ4n) is 2.73. The minimum absolute atomic E-state index is 0.131. The van der Waals surface area contributed by atoms with Gasteiger partial charge in [0.15, 0.2) is 5.90 Å². The van der Waals surface area contributed by atoms with Gasteiger partial charge in [-0.25, -0.2) is 9.79 Å². The molecule has 2 rings (SSSR count). The molecule has 0 aromatic carbocycles. The number of halogens is 3. The maximum Gasteiger partial charge on any atom is 0.410 e. The number of aliphatic imine (C=N–C) groups is 1. The zero-order valence-electron chi connectivity index (χ0n) is 15.3. The Balaban J connectivity index is 1.92. The molecule has 0 saturated carbocycles. The summed E-state index contributed by atoms with van der Waals surface area (Å²) in [7, 11) is 0. The summed E-state index contributed by atoms with van der Waals surface area (Å²) in [5, 5.41) is 0. The minimum atomic E-state index is -4.32. The van der Waals surface area contributed by atoms with Crippen LogP contribution >= 0.6 is 0 Å². The Morgan fingerprint density at radius 2 is 2.04 bits per heavy atom. The third-order valence-electron chi connectivity index (χ3n) is 3.97. The number of hydrogen-bond acceptors (Lipinski definition) is 4. The van der Waals surface area contributed by atoms with Crippen LogP contribution in [0.2, 0.25) is 0 Å². The Bertz CT molecular complexity index is 591. The standard InChI is InChI=1S/C18H25F3N2O3/c1-17(2,3)26-16(24)23-11-5-7-14(23)12-25-15-8-4-6-13(9-10-22-15)18(19,20)21/h4,6,9-10,13-14H,5,7-8,11-12H2,1-3H3/b6-4-,10-9?,22-15?/t13?,14-/m0/s1. The lowest BCUT2D eigenvalue weighted by Crippen LogP contribution is -2.42. The highest BCUT2D eigenvalue weighted by Crippen LogP contribution is 2.29. The van der Waals surface area contributed by atoms with E-state index >= 15 is 0 Å². The molecule has 5 nitrogen and oxygen atoms in total. The zero-order valence-corrected chi connectivity index (χ0v) is 15.3. The van der Waals surface area contributed by atoms with Crippen LogP contribution in [0.1, 0.15) is 40.0 Å². The van der Waals surface area contributed by atoms with Gasteiger partial charge in [-0.1, -0.05) is 18.2 Å². The van der Waals surface area contributed by atoms with Crippen LogP contribution in [-0.4, -0.2) is 47.9 Å². The molecule has 146 valence electrons. The molecule has 1 amide bonds. The van der Waals surface area contributed by atoms with Gasteiger partial charge < -0.3 is 14.4 Å². The Labute approximate surface area is 151 Å². The van der Waals surface area contributed by atoms with Crippen LogP contribution in [-0.2, 0) is 9.47 Å². The van der Waals surface area contributed by atoms with Crippen molar-refractivity contribution in [3.05, 3.63) is 24.4 Å². The van der Waals surface area contributed by atoms with Gasteiger partial charge in [-0.05, 0) is 33.6 Å². The van der Waals surface area contributed by atoms with Gasteiger partial charge in [0.2, 0.25) is 0 Å². The van der Waals surface area contributed by atoms with Crippen molar-refractivity contribution in [2.24, 2.45) is 10.9 Å². The lowest BCUT2D eigenvalue weighted by molar-refractivity contribution is -0.148. The van der Waals surface area contributed by atoms with Crippen LogP contribution in [0, 0.1) is 5.92 Å². The molecule has 0 bridgehead atoms. The molecular weight excluding hydrogens is 349 g/mol. The number of ether oxygens (including phenoxy) is 2. The summed E-state index contributed by atoms with van der Waals surface area (Å²) in [6, 6.07) is -0.131. The molecule has 1 fully saturated rings. The minimum Gasteiger partial charge on any atom is -0.478 e. The van der Waals surface area contributed by atoms with Gasteiger partial charge in [0.05, 0.1) is 12.0 Å². The SMILES string of the molecule is CC(C)(C)OC(=O)N1CCC[C@H]1COC1=NC=CC(C(F)(F)F)/C=C\C1. The van der Waals surface area contributed by atoms with Crippen molar-refractivity contribution in [1.29, 1.82) is 0 Å². The van der Waals surface area contributed by atoms with E-state index in [9.17, 15) is 18.0 Å². The molecule has 2 aliphatic heterocycles. The van der Waals surface area contributed by atoms with Gasteiger partial charge in [-0.15, -0.1) is 0 Å². The number of carbonyl (C=O) groups is 1. The Kier molecular flexibility index (Phi) is 6.36. The van der Waals surface area contributed by atoms with E-state index in [0.717, 1.165) is 31.2 Å². The van der Waals surface area contributed by atoms with Gasteiger partial charge >= 0.3 is 12.3 Å². The highest BCUT2D eigenvalue weighted by molar-refractivity contribution is 5.78. The first kappa shape index (κ1) is 20.3. The molecule has 0 aromatic heterocycles. The highest BCUT2D eigenvalue weighted by atomic mass is 19.4. The van der Waals surface area contributed by atoms with Crippen LogP contribution in [0.15, 0.2) is 29.4 Å². The number of likely N-dealkylation sites (tertiary alicyclic amines) is 1. The molecule has 1 saturated heterocycles. The number of nitrogens with zero attached hydrogens (tertiary/aromatic N) is 2. The molecule has 0 radical (unpaired) electrons. The van der Waals surface area contributed by atoms with Crippen LogP contribution in [0.3, 0.4) is 0 Å². The molecule has 26 heavy (non-hydrogen) atoms. The van der Waals surface area contributed by atoms with E-state index in [1.54, 1.807) is 4.90 Å². The molecule has 0 N–H and O–H groups in total. The Morgan fingerprint density at radius 1 is 1.31 bits per heavy atom. The van der Waals surface area contributed by atoms with Crippen molar-refractivity contribution in [1.82, 2.24) is 4.90 Å². The third kappa shape index (κ3) is 6.07. The second kappa shape index (κ2) is 8.14. The average molecular weight is 374 g/mol. The molecule has 2 aliphatic rings. The van der Waals surface area contributed by atoms with E-state index in [2.05, 4.69) is 4.99 Å². The molecular formula is C18H25F3N2O3. The van der Waals surface area contributed by atoms with Crippen molar-refractivity contribution in [3.63, 3.8) is 0 Å². The summed E-state index contributed by atoms with van der Waals surface area (Å²) in [5.41, 5.74) is -0.570. The first-order valence-electron chi connectivity index (χ1n) is 8.65. The smallest absolute Gasteiger partial charge is 0.410 e. The van der Waals surface area contributed by atoms with Crippen LogP contribution in [0.4, 0.5) is 18.0 Å². The lowest BCUT2D eigenvalue weighted by atomic mass is 10.1. The van der Waals surface area contributed by atoms with Crippen LogP contribution < -0.4 is 0 Å². The monoisotopic (exact) mass is 374 g/mol. The Hall–Kier alpha value is -1.99. The molecule has 0 aromatic rings. The predicted octanol–water partition coefficient (Wildman–Crippen LogP) is 4.45. The summed E-state index contributed by atoms with van der Waals surface area (Å²) in [6.45, 7) is 6.26. The summed E-state index contributed by atoms with van der Waals surface area (Å²) in [5.74, 6) is -1.31. The Morgan fingerprint density at radius 3 is 2.69 bits per heavy atom. The van der Waals surface area contributed by atoms with E-state index in [0.29, 0.717) is 12.4 Å². The first-order chi connectivity index (χ1) is 12.1. The second-order valence-electron chi connectivity index (χ2n) is 7.34. The summed E-state index contributed by atoms with van der Waals surface area (Å²) in [4.78, 5) is 17.8. The van der Waals surface area contributed by atoms with E-state index in [1.165, 1.54) is 6.08 Å². The second-order valence-corrected chi connectivity index (χ2v) is 7.34. The zero-order chi connectivity index (χ0) is 19.4. The van der Waals surface area contributed by atoms with Crippen LogP contribution in [0.5, 0.6) is 0 Å². The summed E-state index contributed by atoms with van der Waals surface area (Å²) < 4.78 is 49.2. The van der Waals surface area contributed by atoms with E-state index in [1.807, 2.05) is 20.8 Å². The topological polar surface area (TPSA) is 51.1 Å². The largest absolute Gasteiger partial charge is 0.478 e. The van der Waals surface area contributed by atoms with E-state index in [-0.39, 0.29) is 25.2 Å². The normalized spacial score (nSPS) is 25.3. The van der Waals surface area contributed by atoms with Crippen LogP contribution in [0.25, 0.3) is 0 Å². The first-order valence-corrected chi connectivity index (χ1v) is 8.65. The molecule has 0 spiro atoms. The lowest BCUT2D eigenvalue weighted by Gasteiger charge is -2.28. The predicted molar refractivity (Wildman–Crippen MR) is 91.8 cm³/mol. The fraction of sp³-hybridized carbons (Fsp3) is 0.667. The third-order valence-corrected chi connectivity index (χ3v) is 3.97. The molecule has 2 heterocycles. The van der Waals surface area contributed by atoms with Crippen molar-refractivity contribution in [2.45, 2.75) is 57.9 Å². The van der Waals surface area contributed by atoms with Crippen molar-refractivity contribution >= 4 is 12.0 Å². The number of hydrogen-bond donors (Lipinski definition) is 0. The number of rotatable bonds is 2. The fourth-order valence-corrected chi connectivity index (χ4v) is 2.73. The van der Waals surface area contributed by atoms with Gasteiger partial charge in [-0.2, -0.15) is 13.2 Å². The van der Waals surface area contributed by atoms with Gasteiger partial charge in [0, 0.05) is 19.2 Å². The molecule has 0 aliphatic carbocycles. The van der Waals surface area contributed by atoms with Gasteiger partial charge in [0.25, 0.3) is 0 Å². The number of allylic oxidation sites excluding steroid dienone is 2. The maximum atomic E-state index is 12.7. The molecule has 1 unspecified atom stereocenters. The van der Waals surface area contributed by atoms with Crippen molar-refractivity contribution < 1.29 is 27.4 Å². The summed E-state index contributed by atoms with van der Waals surface area (Å²) >= 11 is 0. The number of carbonyl (C=O) groups excluding carboxylic acids is 1. The quantitative estimate of drug-likeness (QED) is 0.671. The average Bonchev–Trinajstić information content (AvgIpc) is 2.91. The number of alkyl halides is 3. The summed E-state index contributed by atoms with van der Waals surface area (Å²) in [6.07, 6.45) is 1.73. The van der Waals surface area contributed by atoms with Crippen molar-refractivity contribution in [3.8, 4) is 0 Å². The molecule has 2 atom stereocenters. The van der Waals surface area contributed by atoms with E-state index < -0.39 is 17.7 Å². The maximum absolute atomic E-state index is 12.7. The number of amides is 1. The van der Waals surface area contributed by atoms with Crippen molar-refractivity contribution in [2.75, 3.05) is 13.2 Å². The van der Waals surface area contributed by atoms with Gasteiger partial charge in [-0.3, -0.25) is 0 Å². The van der Waals surface area contributed by atoms with Gasteiger partial charge in [0.1, 0.15) is 12.2 Å². The highest BCUT2D eigenvalue weighted by Gasteiger charge is 2.36.